The van der Waals surface area contributed by atoms with Crippen LogP contribution < -0.4 is 5.73 Å². The van der Waals surface area contributed by atoms with E-state index in [4.69, 9.17) is 5.73 Å². The summed E-state index contributed by atoms with van der Waals surface area (Å²) in [5.41, 5.74) is 5.88. The zero-order valence-electron chi connectivity index (χ0n) is 11.8. The van der Waals surface area contributed by atoms with Gasteiger partial charge in [0.25, 0.3) is 0 Å². The predicted octanol–water partition coefficient (Wildman–Crippen LogP) is 0.585. The third-order valence-corrected chi connectivity index (χ3v) is 4.29. The van der Waals surface area contributed by atoms with Gasteiger partial charge in [-0.2, -0.15) is 0 Å². The van der Waals surface area contributed by atoms with Crippen molar-refractivity contribution in [1.29, 1.82) is 0 Å². The molecule has 2 fully saturated rings. The molecule has 2 atom stereocenters. The molecule has 5 heteroatoms. The van der Waals surface area contributed by atoms with Crippen LogP contribution in [0.1, 0.15) is 39.0 Å². The maximum absolute atomic E-state index is 12.4. The van der Waals surface area contributed by atoms with Gasteiger partial charge in [-0.1, -0.05) is 6.92 Å². The molecule has 5 nitrogen and oxygen atoms in total. The maximum atomic E-state index is 12.4. The van der Waals surface area contributed by atoms with Crippen molar-refractivity contribution in [1.82, 2.24) is 9.80 Å². The molecule has 0 aromatic carbocycles. The van der Waals surface area contributed by atoms with Crippen molar-refractivity contribution < 1.29 is 9.59 Å². The van der Waals surface area contributed by atoms with Gasteiger partial charge in [-0.05, 0) is 25.7 Å². The van der Waals surface area contributed by atoms with Gasteiger partial charge in [0.2, 0.25) is 11.8 Å². The van der Waals surface area contributed by atoms with Crippen LogP contribution in [-0.4, -0.2) is 53.8 Å². The maximum Gasteiger partial charge on any atom is 0.225 e. The Morgan fingerprint density at radius 2 is 1.79 bits per heavy atom. The first-order chi connectivity index (χ1) is 9.11. The molecule has 1 saturated carbocycles. The summed E-state index contributed by atoms with van der Waals surface area (Å²) in [6, 6.07) is 0.194. The zero-order chi connectivity index (χ0) is 13.8. The minimum Gasteiger partial charge on any atom is -0.341 e. The van der Waals surface area contributed by atoms with E-state index in [9.17, 15) is 9.59 Å². The van der Waals surface area contributed by atoms with Gasteiger partial charge >= 0.3 is 0 Å². The fraction of sp³-hybridized carbons (Fsp3) is 0.857. The van der Waals surface area contributed by atoms with Gasteiger partial charge in [-0.25, -0.2) is 0 Å². The molecule has 0 radical (unpaired) electrons. The molecular formula is C14H25N3O2. The number of hydrogen-bond acceptors (Lipinski definition) is 3. The van der Waals surface area contributed by atoms with Crippen LogP contribution in [0, 0.1) is 5.92 Å². The summed E-state index contributed by atoms with van der Waals surface area (Å²) in [4.78, 5) is 27.9. The number of hydrogen-bond donors (Lipinski definition) is 1. The third-order valence-electron chi connectivity index (χ3n) is 4.29. The quantitative estimate of drug-likeness (QED) is 0.796. The second-order valence-corrected chi connectivity index (χ2v) is 5.68. The third kappa shape index (κ3) is 3.47. The molecule has 2 rings (SSSR count). The van der Waals surface area contributed by atoms with Gasteiger partial charge < -0.3 is 15.5 Å². The topological polar surface area (TPSA) is 66.6 Å². The lowest BCUT2D eigenvalue weighted by molar-refractivity contribution is -0.136. The summed E-state index contributed by atoms with van der Waals surface area (Å²) in [5, 5.41) is 0. The first-order valence-corrected chi connectivity index (χ1v) is 7.44. The summed E-state index contributed by atoms with van der Waals surface area (Å²) in [6.07, 6.45) is 4.15. The largest absolute Gasteiger partial charge is 0.341 e. The Morgan fingerprint density at radius 1 is 1.11 bits per heavy atom. The van der Waals surface area contributed by atoms with Crippen molar-refractivity contribution in [2.24, 2.45) is 11.7 Å². The lowest BCUT2D eigenvalue weighted by atomic mass is 10.1. The van der Waals surface area contributed by atoms with E-state index in [1.165, 1.54) is 0 Å². The van der Waals surface area contributed by atoms with Crippen LogP contribution in [0.2, 0.25) is 0 Å². The fourth-order valence-electron chi connectivity index (χ4n) is 3.11. The van der Waals surface area contributed by atoms with E-state index in [2.05, 4.69) is 0 Å². The van der Waals surface area contributed by atoms with Crippen molar-refractivity contribution in [3.63, 3.8) is 0 Å². The highest BCUT2D eigenvalue weighted by molar-refractivity contribution is 5.79. The molecule has 2 amide bonds. The minimum atomic E-state index is 0.114. The summed E-state index contributed by atoms with van der Waals surface area (Å²) in [7, 11) is 0. The van der Waals surface area contributed by atoms with Crippen LogP contribution in [0.3, 0.4) is 0 Å². The lowest BCUT2D eigenvalue weighted by Crippen LogP contribution is -2.39. The van der Waals surface area contributed by atoms with Crippen molar-refractivity contribution in [2.45, 2.75) is 45.1 Å². The fourth-order valence-corrected chi connectivity index (χ4v) is 3.11. The smallest absolute Gasteiger partial charge is 0.225 e. The Kier molecular flexibility index (Phi) is 4.80. The highest BCUT2D eigenvalue weighted by Crippen LogP contribution is 2.26. The number of carbonyl (C=O) groups excluding carboxylic acids is 2. The molecule has 2 N–H and O–H groups in total. The molecule has 2 unspecified atom stereocenters. The van der Waals surface area contributed by atoms with E-state index < -0.39 is 0 Å². The predicted molar refractivity (Wildman–Crippen MR) is 73.4 cm³/mol. The molecule has 0 aromatic rings. The monoisotopic (exact) mass is 267 g/mol. The number of nitrogens with two attached hydrogens (primary N) is 1. The van der Waals surface area contributed by atoms with E-state index in [1.807, 2.05) is 16.7 Å². The van der Waals surface area contributed by atoms with E-state index in [1.54, 1.807) is 0 Å². The molecule has 0 bridgehead atoms. The molecule has 1 saturated heterocycles. The SMILES string of the molecule is CCC(=O)N1CCCN(C(=O)C2CCC(N)C2)CC1. The van der Waals surface area contributed by atoms with E-state index in [-0.39, 0.29) is 23.8 Å². The second kappa shape index (κ2) is 6.37. The zero-order valence-corrected chi connectivity index (χ0v) is 11.8. The average molecular weight is 267 g/mol. The number of carbonyl (C=O) groups is 2. The van der Waals surface area contributed by atoms with Crippen LogP contribution in [0.4, 0.5) is 0 Å². The van der Waals surface area contributed by atoms with Gasteiger partial charge in [-0.3, -0.25) is 9.59 Å². The van der Waals surface area contributed by atoms with Crippen LogP contribution in [0.25, 0.3) is 0 Å². The lowest BCUT2D eigenvalue weighted by Gasteiger charge is -2.24. The van der Waals surface area contributed by atoms with E-state index >= 15 is 0 Å². The van der Waals surface area contributed by atoms with Crippen LogP contribution in [0.5, 0.6) is 0 Å². The van der Waals surface area contributed by atoms with Crippen molar-refractivity contribution in [3.8, 4) is 0 Å². The summed E-state index contributed by atoms with van der Waals surface area (Å²) in [5.74, 6) is 0.555. The van der Waals surface area contributed by atoms with Crippen molar-refractivity contribution >= 4 is 11.8 Å². The highest BCUT2D eigenvalue weighted by Gasteiger charge is 2.31. The van der Waals surface area contributed by atoms with Gasteiger partial charge in [0.15, 0.2) is 0 Å². The van der Waals surface area contributed by atoms with Gasteiger partial charge in [-0.15, -0.1) is 0 Å². The van der Waals surface area contributed by atoms with Crippen LogP contribution in [-0.2, 0) is 9.59 Å². The Hall–Kier alpha value is -1.10. The Labute approximate surface area is 115 Å². The first kappa shape index (κ1) is 14.3. The van der Waals surface area contributed by atoms with Crippen LogP contribution >= 0.6 is 0 Å². The minimum absolute atomic E-state index is 0.114. The number of nitrogens with zero attached hydrogens (tertiary/aromatic N) is 2. The van der Waals surface area contributed by atoms with Crippen molar-refractivity contribution in [3.05, 3.63) is 0 Å². The molecule has 0 aromatic heterocycles. The molecule has 2 aliphatic rings. The molecular weight excluding hydrogens is 242 g/mol. The summed E-state index contributed by atoms with van der Waals surface area (Å²) in [6.45, 7) is 4.79. The number of amides is 2. The molecule has 1 heterocycles. The Morgan fingerprint density at radius 3 is 2.42 bits per heavy atom. The number of rotatable bonds is 2. The molecule has 108 valence electrons. The van der Waals surface area contributed by atoms with E-state index in [0.717, 1.165) is 38.8 Å². The van der Waals surface area contributed by atoms with E-state index in [0.29, 0.717) is 19.5 Å². The highest BCUT2D eigenvalue weighted by atomic mass is 16.2. The molecule has 0 spiro atoms. The summed E-state index contributed by atoms with van der Waals surface area (Å²) < 4.78 is 0. The van der Waals surface area contributed by atoms with Crippen molar-refractivity contribution in [2.75, 3.05) is 26.2 Å². The molecule has 19 heavy (non-hydrogen) atoms. The molecule has 1 aliphatic heterocycles. The first-order valence-electron chi connectivity index (χ1n) is 7.44. The van der Waals surface area contributed by atoms with Gasteiger partial charge in [0.1, 0.15) is 0 Å². The molecule has 1 aliphatic carbocycles. The van der Waals surface area contributed by atoms with Crippen LogP contribution in [0.15, 0.2) is 0 Å². The summed E-state index contributed by atoms with van der Waals surface area (Å²) >= 11 is 0. The van der Waals surface area contributed by atoms with Gasteiger partial charge in [0.05, 0.1) is 0 Å². The standard InChI is InChI=1S/C14H25N3O2/c1-2-13(18)16-6-3-7-17(9-8-16)14(19)11-4-5-12(15)10-11/h11-12H,2-10,15H2,1H3. The normalized spacial score (nSPS) is 28.3. The van der Waals surface area contributed by atoms with Gasteiger partial charge in [0, 0.05) is 44.6 Å². The average Bonchev–Trinajstić information content (AvgIpc) is 2.71. The Bertz CT molecular complexity index is 346. The second-order valence-electron chi connectivity index (χ2n) is 5.68. The Balaban J connectivity index is 1.88.